The fourth-order valence-electron chi connectivity index (χ4n) is 2.24. The summed E-state index contributed by atoms with van der Waals surface area (Å²) in [5.74, 6) is 0. The van der Waals surface area contributed by atoms with Gasteiger partial charge in [0.2, 0.25) is 0 Å². The molecule has 0 aliphatic heterocycles. The third-order valence-electron chi connectivity index (χ3n) is 3.22. The molecule has 3 rings (SSSR count). The Hall–Kier alpha value is -2.13. The van der Waals surface area contributed by atoms with E-state index < -0.39 is 0 Å². The summed E-state index contributed by atoms with van der Waals surface area (Å²) in [6, 6.07) is 14.5. The molecule has 90 valence electrons. The van der Waals surface area contributed by atoms with Crippen LogP contribution in [0.25, 0.3) is 22.2 Å². The smallest absolute Gasteiger partial charge is 0.100 e. The van der Waals surface area contributed by atoms with E-state index in [1.807, 2.05) is 12.1 Å². The molecule has 0 saturated heterocycles. The molecule has 0 saturated carbocycles. The van der Waals surface area contributed by atoms with Crippen molar-refractivity contribution < 1.29 is 0 Å². The Labute approximate surface area is 106 Å². The zero-order valence-corrected chi connectivity index (χ0v) is 10.3. The van der Waals surface area contributed by atoms with E-state index in [1.165, 1.54) is 5.56 Å². The average Bonchev–Trinajstić information content (AvgIpc) is 2.83. The quantitative estimate of drug-likeness (QED) is 0.720. The van der Waals surface area contributed by atoms with Crippen LogP contribution in [0.5, 0.6) is 0 Å². The van der Waals surface area contributed by atoms with Crippen molar-refractivity contribution in [3.63, 3.8) is 0 Å². The van der Waals surface area contributed by atoms with Crippen LogP contribution >= 0.6 is 0 Å². The normalized spacial score (nSPS) is 11.0. The molecular weight excluding hydrogens is 222 g/mol. The second-order valence-corrected chi connectivity index (χ2v) is 4.48. The molecule has 0 fully saturated rings. The first-order chi connectivity index (χ1) is 8.79. The lowest BCUT2D eigenvalue weighted by atomic mass is 10.0. The second kappa shape index (κ2) is 4.27. The molecule has 1 aromatic heterocycles. The molecule has 3 nitrogen and oxygen atoms in total. The number of fused-ring (bicyclic) bond motifs is 1. The highest BCUT2D eigenvalue weighted by Gasteiger charge is 2.10. The van der Waals surface area contributed by atoms with Crippen molar-refractivity contribution >= 4 is 10.9 Å². The molecule has 0 amide bonds. The van der Waals surface area contributed by atoms with Crippen molar-refractivity contribution in [2.45, 2.75) is 13.5 Å². The number of hydrogen-bond acceptors (Lipinski definition) is 2. The van der Waals surface area contributed by atoms with Crippen LogP contribution < -0.4 is 5.73 Å². The van der Waals surface area contributed by atoms with Crippen molar-refractivity contribution in [3.05, 3.63) is 53.6 Å². The Morgan fingerprint density at radius 2 is 1.89 bits per heavy atom. The number of nitrogens with zero attached hydrogens (tertiary/aromatic N) is 1. The molecule has 0 unspecified atom stereocenters. The Morgan fingerprint density at radius 1 is 1.11 bits per heavy atom. The van der Waals surface area contributed by atoms with Crippen LogP contribution in [0.4, 0.5) is 0 Å². The Balaban J connectivity index is 2.26. The topological polar surface area (TPSA) is 54.7 Å². The van der Waals surface area contributed by atoms with Gasteiger partial charge in [-0.2, -0.15) is 5.10 Å². The number of aromatic amines is 1. The van der Waals surface area contributed by atoms with Gasteiger partial charge in [0.05, 0.1) is 5.52 Å². The summed E-state index contributed by atoms with van der Waals surface area (Å²) in [4.78, 5) is 0. The first kappa shape index (κ1) is 11.0. The number of H-pyrrole nitrogens is 1. The zero-order valence-electron chi connectivity index (χ0n) is 10.3. The average molecular weight is 237 g/mol. The van der Waals surface area contributed by atoms with Gasteiger partial charge in [0.1, 0.15) is 5.69 Å². The van der Waals surface area contributed by atoms with E-state index in [-0.39, 0.29) is 0 Å². The minimum atomic E-state index is 0.524. The van der Waals surface area contributed by atoms with Crippen LogP contribution in [-0.2, 0) is 6.54 Å². The lowest BCUT2D eigenvalue weighted by Gasteiger charge is -2.03. The van der Waals surface area contributed by atoms with Crippen molar-refractivity contribution in [3.8, 4) is 11.3 Å². The predicted octanol–water partition coefficient (Wildman–Crippen LogP) is 3.00. The van der Waals surface area contributed by atoms with Gasteiger partial charge in [-0.3, -0.25) is 5.10 Å². The number of aryl methyl sites for hydroxylation is 1. The molecule has 1 heterocycles. The van der Waals surface area contributed by atoms with Crippen molar-refractivity contribution in [1.82, 2.24) is 10.2 Å². The molecule has 0 radical (unpaired) electrons. The van der Waals surface area contributed by atoms with E-state index in [1.54, 1.807) is 0 Å². The number of nitrogens with two attached hydrogens (primary N) is 1. The van der Waals surface area contributed by atoms with Crippen molar-refractivity contribution in [2.75, 3.05) is 0 Å². The lowest BCUT2D eigenvalue weighted by Crippen LogP contribution is -1.96. The van der Waals surface area contributed by atoms with Gasteiger partial charge < -0.3 is 5.73 Å². The fourth-order valence-corrected chi connectivity index (χ4v) is 2.24. The molecule has 3 aromatic rings. The summed E-state index contributed by atoms with van der Waals surface area (Å²) >= 11 is 0. The van der Waals surface area contributed by atoms with Gasteiger partial charge in [0.25, 0.3) is 0 Å². The van der Waals surface area contributed by atoms with Gasteiger partial charge in [-0.15, -0.1) is 0 Å². The van der Waals surface area contributed by atoms with E-state index in [0.717, 1.165) is 27.7 Å². The highest BCUT2D eigenvalue weighted by molar-refractivity contribution is 5.95. The van der Waals surface area contributed by atoms with Gasteiger partial charge in [-0.1, -0.05) is 42.0 Å². The van der Waals surface area contributed by atoms with Crippen molar-refractivity contribution in [2.24, 2.45) is 5.73 Å². The number of hydrogen-bond donors (Lipinski definition) is 2. The SMILES string of the molecule is Cc1ccc(-c2n[nH]c3cccc(CN)c23)cc1. The highest BCUT2D eigenvalue weighted by Crippen LogP contribution is 2.29. The van der Waals surface area contributed by atoms with Crippen LogP contribution in [0, 0.1) is 6.92 Å². The summed E-state index contributed by atoms with van der Waals surface area (Å²) in [7, 11) is 0. The molecular formula is C15H15N3. The second-order valence-electron chi connectivity index (χ2n) is 4.48. The standard InChI is InChI=1S/C15H15N3/c1-10-5-7-11(8-6-10)15-14-12(9-16)3-2-4-13(14)17-18-15/h2-8H,9,16H2,1H3,(H,17,18). The van der Waals surface area contributed by atoms with Crippen LogP contribution in [0.1, 0.15) is 11.1 Å². The largest absolute Gasteiger partial charge is 0.326 e. The molecule has 3 N–H and O–H groups in total. The van der Waals surface area contributed by atoms with E-state index >= 15 is 0 Å². The first-order valence-electron chi connectivity index (χ1n) is 6.02. The summed E-state index contributed by atoms with van der Waals surface area (Å²) in [5, 5.41) is 8.62. The molecule has 3 heteroatoms. The third kappa shape index (κ3) is 1.69. The van der Waals surface area contributed by atoms with E-state index in [9.17, 15) is 0 Å². The Kier molecular flexibility index (Phi) is 2.61. The maximum Gasteiger partial charge on any atom is 0.100 e. The Bertz CT molecular complexity index is 681. The third-order valence-corrected chi connectivity index (χ3v) is 3.22. The number of nitrogens with one attached hydrogen (secondary N) is 1. The summed E-state index contributed by atoms with van der Waals surface area (Å²) < 4.78 is 0. The molecule has 0 aliphatic carbocycles. The van der Waals surface area contributed by atoms with Gasteiger partial charge >= 0.3 is 0 Å². The first-order valence-corrected chi connectivity index (χ1v) is 6.02. The summed E-state index contributed by atoms with van der Waals surface area (Å²) in [5.41, 5.74) is 11.3. The molecule has 0 spiro atoms. The van der Waals surface area contributed by atoms with Gasteiger partial charge in [0, 0.05) is 17.5 Å². The molecule has 18 heavy (non-hydrogen) atoms. The fraction of sp³-hybridized carbons (Fsp3) is 0.133. The summed E-state index contributed by atoms with van der Waals surface area (Å²) in [6.07, 6.45) is 0. The number of aromatic nitrogens is 2. The zero-order chi connectivity index (χ0) is 12.5. The minimum absolute atomic E-state index is 0.524. The van der Waals surface area contributed by atoms with Crippen molar-refractivity contribution in [1.29, 1.82) is 0 Å². The lowest BCUT2D eigenvalue weighted by molar-refractivity contribution is 1.09. The van der Waals surface area contributed by atoms with Gasteiger partial charge in [0.15, 0.2) is 0 Å². The number of benzene rings is 2. The molecule has 2 aromatic carbocycles. The van der Waals surface area contributed by atoms with E-state index in [2.05, 4.69) is 47.5 Å². The van der Waals surface area contributed by atoms with Crippen LogP contribution in [-0.4, -0.2) is 10.2 Å². The van der Waals surface area contributed by atoms with Crippen LogP contribution in [0.2, 0.25) is 0 Å². The van der Waals surface area contributed by atoms with Gasteiger partial charge in [-0.25, -0.2) is 0 Å². The monoisotopic (exact) mass is 237 g/mol. The minimum Gasteiger partial charge on any atom is -0.326 e. The Morgan fingerprint density at radius 3 is 2.61 bits per heavy atom. The maximum atomic E-state index is 5.80. The molecule has 0 aliphatic rings. The van der Waals surface area contributed by atoms with Crippen LogP contribution in [0.15, 0.2) is 42.5 Å². The van der Waals surface area contributed by atoms with Crippen LogP contribution in [0.3, 0.4) is 0 Å². The van der Waals surface area contributed by atoms with E-state index in [0.29, 0.717) is 6.54 Å². The summed E-state index contributed by atoms with van der Waals surface area (Å²) in [6.45, 7) is 2.60. The maximum absolute atomic E-state index is 5.80. The molecule has 0 atom stereocenters. The highest BCUT2D eigenvalue weighted by atomic mass is 15.1. The number of rotatable bonds is 2. The molecule has 0 bridgehead atoms. The predicted molar refractivity (Wildman–Crippen MR) is 74.2 cm³/mol. The van der Waals surface area contributed by atoms with E-state index in [4.69, 9.17) is 5.73 Å². The van der Waals surface area contributed by atoms with Gasteiger partial charge in [-0.05, 0) is 18.6 Å².